The topological polar surface area (TPSA) is 61.8 Å². The summed E-state index contributed by atoms with van der Waals surface area (Å²) in [7, 11) is 0. The van der Waals surface area contributed by atoms with Crippen LogP contribution in [0.15, 0.2) is 24.3 Å². The third-order valence-corrected chi connectivity index (χ3v) is 4.62. The molecule has 2 N–H and O–H groups in total. The molecule has 2 atom stereocenters. The second-order valence-electron chi connectivity index (χ2n) is 7.29. The van der Waals surface area contributed by atoms with Gasteiger partial charge in [-0.2, -0.15) is 0 Å². The number of hydrogen-bond acceptors (Lipinski definition) is 4. The molecule has 5 nitrogen and oxygen atoms in total. The third-order valence-electron chi connectivity index (χ3n) is 4.62. The van der Waals surface area contributed by atoms with E-state index in [1.54, 1.807) is 0 Å². The summed E-state index contributed by atoms with van der Waals surface area (Å²) in [5.74, 6) is 1.22. The molecule has 1 aliphatic heterocycles. The van der Waals surface area contributed by atoms with Gasteiger partial charge in [0.1, 0.15) is 5.75 Å². The molecule has 1 fully saturated rings. The first-order valence-electron chi connectivity index (χ1n) is 9.36. The van der Waals surface area contributed by atoms with E-state index in [-0.39, 0.29) is 24.0 Å². The fourth-order valence-electron chi connectivity index (χ4n) is 3.24. The maximum atomic E-state index is 12.1. The number of aliphatic hydroxyl groups excluding tert-OH is 1. The van der Waals surface area contributed by atoms with Crippen LogP contribution in [0.4, 0.5) is 0 Å². The summed E-state index contributed by atoms with van der Waals surface area (Å²) >= 11 is 0. The smallest absolute Gasteiger partial charge is 0.234 e. The third kappa shape index (κ3) is 7.04. The largest absolute Gasteiger partial charge is 0.491 e. The number of aliphatic hydroxyl groups is 1. The van der Waals surface area contributed by atoms with Crippen molar-refractivity contribution in [3.05, 3.63) is 29.8 Å². The number of amides is 1. The Morgan fingerprint density at radius 2 is 2.04 bits per heavy atom. The molecule has 0 saturated carbocycles. The minimum absolute atomic E-state index is 0.0611. The van der Waals surface area contributed by atoms with E-state index < -0.39 is 0 Å². The maximum Gasteiger partial charge on any atom is 0.234 e. The van der Waals surface area contributed by atoms with Gasteiger partial charge >= 0.3 is 0 Å². The van der Waals surface area contributed by atoms with Crippen molar-refractivity contribution in [1.29, 1.82) is 0 Å². The van der Waals surface area contributed by atoms with Crippen LogP contribution in [0.2, 0.25) is 0 Å². The number of piperidine rings is 1. The standard InChI is InChI=1S/C20H32N2O3/c1-15(2)25-19-8-6-17(7-9-19)10-11-21-20(24)14-22-12-4-5-18(13-22)16(3)23/h6-9,15-16,18,23H,4-5,10-14H2,1-3H3,(H,21,24). The first-order chi connectivity index (χ1) is 11.9. The van der Waals surface area contributed by atoms with E-state index in [2.05, 4.69) is 10.2 Å². The Morgan fingerprint density at radius 3 is 2.68 bits per heavy atom. The first-order valence-corrected chi connectivity index (χ1v) is 9.36. The summed E-state index contributed by atoms with van der Waals surface area (Å²) in [6.45, 7) is 8.66. The van der Waals surface area contributed by atoms with Gasteiger partial charge in [-0.3, -0.25) is 9.69 Å². The Kier molecular flexibility index (Phi) is 7.72. The van der Waals surface area contributed by atoms with E-state index in [0.29, 0.717) is 13.1 Å². The molecule has 5 heteroatoms. The number of nitrogens with one attached hydrogen (secondary N) is 1. The highest BCUT2D eigenvalue weighted by molar-refractivity contribution is 5.78. The Bertz CT molecular complexity index is 528. The molecule has 0 bridgehead atoms. The lowest BCUT2D eigenvalue weighted by Gasteiger charge is -2.33. The predicted molar refractivity (Wildman–Crippen MR) is 99.8 cm³/mol. The highest BCUT2D eigenvalue weighted by Crippen LogP contribution is 2.19. The van der Waals surface area contributed by atoms with Gasteiger partial charge in [0.15, 0.2) is 0 Å². The fraction of sp³-hybridized carbons (Fsp3) is 0.650. The second-order valence-corrected chi connectivity index (χ2v) is 7.29. The highest BCUT2D eigenvalue weighted by Gasteiger charge is 2.24. The minimum atomic E-state index is -0.298. The summed E-state index contributed by atoms with van der Waals surface area (Å²) in [4.78, 5) is 14.3. The molecule has 25 heavy (non-hydrogen) atoms. The molecule has 1 amide bonds. The lowest BCUT2D eigenvalue weighted by atomic mass is 9.93. The predicted octanol–water partition coefficient (Wildman–Crippen LogP) is 2.23. The van der Waals surface area contributed by atoms with E-state index in [4.69, 9.17) is 4.74 Å². The summed E-state index contributed by atoms with van der Waals surface area (Å²) in [6, 6.07) is 8.03. The summed E-state index contributed by atoms with van der Waals surface area (Å²) < 4.78 is 5.63. The normalized spacial score (nSPS) is 19.6. The van der Waals surface area contributed by atoms with Crippen LogP contribution in [-0.4, -0.2) is 54.3 Å². The fourth-order valence-corrected chi connectivity index (χ4v) is 3.24. The van der Waals surface area contributed by atoms with Crippen LogP contribution in [-0.2, 0) is 11.2 Å². The van der Waals surface area contributed by atoms with Crippen molar-refractivity contribution in [3.8, 4) is 5.75 Å². The van der Waals surface area contributed by atoms with Crippen molar-refractivity contribution < 1.29 is 14.6 Å². The molecule has 1 aromatic carbocycles. The summed E-state index contributed by atoms with van der Waals surface area (Å²) in [5.41, 5.74) is 1.18. The lowest BCUT2D eigenvalue weighted by Crippen LogP contribution is -2.44. The molecule has 1 saturated heterocycles. The van der Waals surface area contributed by atoms with Crippen molar-refractivity contribution in [2.45, 2.75) is 52.2 Å². The van der Waals surface area contributed by atoms with Crippen LogP contribution < -0.4 is 10.1 Å². The van der Waals surface area contributed by atoms with Gasteiger partial charge in [0.2, 0.25) is 5.91 Å². The average Bonchev–Trinajstić information content (AvgIpc) is 2.56. The van der Waals surface area contributed by atoms with Crippen molar-refractivity contribution in [1.82, 2.24) is 10.2 Å². The molecule has 0 aliphatic carbocycles. The Balaban J connectivity index is 1.68. The van der Waals surface area contributed by atoms with Crippen LogP contribution in [0.5, 0.6) is 5.75 Å². The van der Waals surface area contributed by atoms with E-state index in [9.17, 15) is 9.90 Å². The van der Waals surface area contributed by atoms with Crippen molar-refractivity contribution in [2.75, 3.05) is 26.2 Å². The van der Waals surface area contributed by atoms with Gasteiger partial charge in [0, 0.05) is 13.1 Å². The van der Waals surface area contributed by atoms with Crippen LogP contribution in [0, 0.1) is 5.92 Å². The molecule has 140 valence electrons. The molecule has 2 rings (SSSR count). The van der Waals surface area contributed by atoms with Crippen molar-refractivity contribution in [3.63, 3.8) is 0 Å². The van der Waals surface area contributed by atoms with Gasteiger partial charge in [-0.15, -0.1) is 0 Å². The Hall–Kier alpha value is -1.59. The number of benzene rings is 1. The molecule has 1 heterocycles. The SMILES string of the molecule is CC(C)Oc1ccc(CCNC(=O)CN2CCCC(C(C)O)C2)cc1. The molecular formula is C20H32N2O3. The highest BCUT2D eigenvalue weighted by atomic mass is 16.5. The van der Waals surface area contributed by atoms with Gasteiger partial charge in [-0.1, -0.05) is 12.1 Å². The number of carbonyl (C=O) groups excluding carboxylic acids is 1. The summed E-state index contributed by atoms with van der Waals surface area (Å²) in [6.07, 6.45) is 2.78. The van der Waals surface area contributed by atoms with E-state index >= 15 is 0 Å². The van der Waals surface area contributed by atoms with Crippen LogP contribution in [0.25, 0.3) is 0 Å². The van der Waals surface area contributed by atoms with Crippen LogP contribution in [0.3, 0.4) is 0 Å². The number of likely N-dealkylation sites (tertiary alicyclic amines) is 1. The van der Waals surface area contributed by atoms with E-state index in [1.165, 1.54) is 5.56 Å². The van der Waals surface area contributed by atoms with Crippen LogP contribution in [0.1, 0.15) is 39.2 Å². The zero-order chi connectivity index (χ0) is 18.2. The number of carbonyl (C=O) groups is 1. The van der Waals surface area contributed by atoms with Gasteiger partial charge in [-0.25, -0.2) is 0 Å². The summed E-state index contributed by atoms with van der Waals surface area (Å²) in [5, 5.41) is 12.7. The zero-order valence-electron chi connectivity index (χ0n) is 15.7. The van der Waals surface area contributed by atoms with E-state index in [0.717, 1.165) is 38.1 Å². The van der Waals surface area contributed by atoms with E-state index in [1.807, 2.05) is 45.0 Å². The van der Waals surface area contributed by atoms with Crippen molar-refractivity contribution >= 4 is 5.91 Å². The molecule has 0 spiro atoms. The molecule has 0 aromatic heterocycles. The number of hydrogen-bond donors (Lipinski definition) is 2. The molecule has 1 aromatic rings. The monoisotopic (exact) mass is 348 g/mol. The van der Waals surface area contributed by atoms with Gasteiger partial charge < -0.3 is 15.2 Å². The zero-order valence-corrected chi connectivity index (χ0v) is 15.7. The second kappa shape index (κ2) is 9.78. The van der Waals surface area contributed by atoms with Gasteiger partial charge in [0.25, 0.3) is 0 Å². The number of rotatable bonds is 8. The first kappa shape index (κ1) is 19.7. The minimum Gasteiger partial charge on any atom is -0.491 e. The van der Waals surface area contributed by atoms with Gasteiger partial charge in [0.05, 0.1) is 18.8 Å². The number of nitrogens with zero attached hydrogens (tertiary/aromatic N) is 1. The molecular weight excluding hydrogens is 316 g/mol. The average molecular weight is 348 g/mol. The number of ether oxygens (including phenoxy) is 1. The van der Waals surface area contributed by atoms with Crippen LogP contribution >= 0.6 is 0 Å². The lowest BCUT2D eigenvalue weighted by molar-refractivity contribution is -0.122. The Labute approximate surface area is 151 Å². The maximum absolute atomic E-state index is 12.1. The Morgan fingerprint density at radius 1 is 1.32 bits per heavy atom. The van der Waals surface area contributed by atoms with Gasteiger partial charge in [-0.05, 0) is 70.2 Å². The molecule has 1 aliphatic rings. The quantitative estimate of drug-likeness (QED) is 0.756. The molecule has 0 radical (unpaired) electrons. The van der Waals surface area contributed by atoms with Crippen molar-refractivity contribution in [2.24, 2.45) is 5.92 Å². The molecule has 2 unspecified atom stereocenters.